The van der Waals surface area contributed by atoms with Gasteiger partial charge in [0.1, 0.15) is 0 Å². The van der Waals surface area contributed by atoms with E-state index in [-0.39, 0.29) is 6.04 Å². The Morgan fingerprint density at radius 2 is 2.12 bits per heavy atom. The van der Waals surface area contributed by atoms with Crippen molar-refractivity contribution in [3.63, 3.8) is 0 Å². The lowest BCUT2D eigenvalue weighted by atomic mass is 9.85. The normalized spacial score (nSPS) is 38.6. The van der Waals surface area contributed by atoms with Crippen molar-refractivity contribution in [3.8, 4) is 0 Å². The number of halogens is 1. The van der Waals surface area contributed by atoms with Crippen LogP contribution < -0.4 is 0 Å². The molecule has 1 rings (SSSR count). The summed E-state index contributed by atoms with van der Waals surface area (Å²) in [6.45, 7) is 7.59. The third kappa shape index (κ3) is 2.89. The van der Waals surface area contributed by atoms with Gasteiger partial charge in [-0.3, -0.25) is 4.90 Å². The number of rotatable bonds is 4. The number of aliphatic hydroxyl groups is 1. The Hall–Kier alpha value is 0.610. The van der Waals surface area contributed by atoms with Crippen LogP contribution in [0.3, 0.4) is 0 Å². The summed E-state index contributed by atoms with van der Waals surface area (Å²) < 4.78 is 5.77. The van der Waals surface area contributed by atoms with Crippen LogP contribution in [0.5, 0.6) is 0 Å². The highest BCUT2D eigenvalue weighted by molar-refractivity contribution is 14.1. The van der Waals surface area contributed by atoms with Gasteiger partial charge in [0.2, 0.25) is 0 Å². The molecule has 0 aromatic heterocycles. The molecule has 1 aliphatic rings. The second kappa shape index (κ2) is 6.52. The van der Waals surface area contributed by atoms with Crippen LogP contribution in [0.25, 0.3) is 0 Å². The predicted molar refractivity (Wildman–Crippen MR) is 74.9 cm³/mol. The van der Waals surface area contributed by atoms with Crippen molar-refractivity contribution < 1.29 is 9.84 Å². The molecule has 16 heavy (non-hydrogen) atoms. The van der Waals surface area contributed by atoms with Crippen LogP contribution in [-0.4, -0.2) is 46.0 Å². The fraction of sp³-hybridized carbons (Fsp3) is 1.00. The minimum absolute atomic E-state index is 0.135. The molecule has 0 amide bonds. The van der Waals surface area contributed by atoms with Crippen LogP contribution >= 0.6 is 22.6 Å². The average Bonchev–Trinajstić information content (AvgIpc) is 2.30. The molecule has 0 aromatic rings. The maximum Gasteiger partial charge on any atom is 0.170 e. The van der Waals surface area contributed by atoms with E-state index in [1.54, 1.807) is 7.11 Å². The summed E-state index contributed by atoms with van der Waals surface area (Å²) in [5, 5.41) is 10.0. The minimum atomic E-state index is -0.665. The number of methoxy groups -OCH3 is 1. The van der Waals surface area contributed by atoms with Gasteiger partial charge in [-0.25, -0.2) is 0 Å². The van der Waals surface area contributed by atoms with E-state index < -0.39 is 6.29 Å². The zero-order valence-corrected chi connectivity index (χ0v) is 12.8. The Balaban J connectivity index is 2.87. The van der Waals surface area contributed by atoms with E-state index in [0.29, 0.717) is 15.9 Å². The van der Waals surface area contributed by atoms with Gasteiger partial charge in [-0.15, -0.1) is 0 Å². The zero-order chi connectivity index (χ0) is 12.3. The monoisotopic (exact) mass is 341 g/mol. The molecule has 1 heterocycles. The third-order valence-electron chi connectivity index (χ3n) is 3.83. The van der Waals surface area contributed by atoms with Gasteiger partial charge in [0.25, 0.3) is 0 Å². The molecule has 0 aromatic carbocycles. The van der Waals surface area contributed by atoms with Crippen LogP contribution in [0.4, 0.5) is 0 Å². The van der Waals surface area contributed by atoms with Crippen molar-refractivity contribution in [2.45, 2.75) is 55.9 Å². The predicted octanol–water partition coefficient (Wildman–Crippen LogP) is 2.26. The highest BCUT2D eigenvalue weighted by Crippen LogP contribution is 2.35. The van der Waals surface area contributed by atoms with E-state index in [4.69, 9.17) is 4.74 Å². The maximum atomic E-state index is 10.0. The first-order chi connectivity index (χ1) is 7.56. The lowest BCUT2D eigenvalue weighted by Crippen LogP contribution is -2.58. The van der Waals surface area contributed by atoms with Crippen molar-refractivity contribution >= 4 is 22.6 Å². The number of ether oxygens (including phenoxy) is 1. The number of hydrogen-bond donors (Lipinski definition) is 1. The van der Waals surface area contributed by atoms with Gasteiger partial charge in [-0.1, -0.05) is 43.4 Å². The van der Waals surface area contributed by atoms with Gasteiger partial charge in [0.05, 0.1) is 6.04 Å². The summed E-state index contributed by atoms with van der Waals surface area (Å²) in [4.78, 5) is 2.41. The quantitative estimate of drug-likeness (QED) is 0.484. The van der Waals surface area contributed by atoms with Crippen molar-refractivity contribution in [2.24, 2.45) is 5.92 Å². The Kier molecular flexibility index (Phi) is 5.98. The smallest absolute Gasteiger partial charge is 0.170 e. The molecular formula is C12H24INO2. The third-order valence-corrected chi connectivity index (χ3v) is 5.47. The summed E-state index contributed by atoms with van der Waals surface area (Å²) in [6.07, 6.45) is 1.70. The van der Waals surface area contributed by atoms with Crippen molar-refractivity contribution in [1.29, 1.82) is 0 Å². The van der Waals surface area contributed by atoms with E-state index in [9.17, 15) is 5.11 Å². The zero-order valence-electron chi connectivity index (χ0n) is 10.7. The number of hydrogen-bond acceptors (Lipinski definition) is 3. The molecule has 3 nitrogen and oxygen atoms in total. The standard InChI is InChI=1S/C12H24INO2/c1-5-9-7-10(13)8(3)11(12(15)16-4)14(9)6-2/h8-12,15H,5-7H2,1-4H3/t8-,9?,10?,11-,12?/m1/s1. The minimum Gasteiger partial charge on any atom is -0.367 e. The Morgan fingerprint density at radius 3 is 2.56 bits per heavy atom. The van der Waals surface area contributed by atoms with E-state index >= 15 is 0 Å². The molecule has 3 unspecified atom stereocenters. The fourth-order valence-electron chi connectivity index (χ4n) is 2.80. The van der Waals surface area contributed by atoms with Crippen molar-refractivity contribution in [2.75, 3.05) is 13.7 Å². The van der Waals surface area contributed by atoms with Crippen LogP contribution in [0.1, 0.15) is 33.6 Å². The molecule has 4 heteroatoms. The number of piperidine rings is 1. The van der Waals surface area contributed by atoms with Gasteiger partial charge < -0.3 is 9.84 Å². The van der Waals surface area contributed by atoms with Crippen molar-refractivity contribution in [1.82, 2.24) is 4.90 Å². The Bertz CT molecular complexity index is 215. The van der Waals surface area contributed by atoms with Crippen LogP contribution in [-0.2, 0) is 4.74 Å². The van der Waals surface area contributed by atoms with Crippen LogP contribution in [0.15, 0.2) is 0 Å². The van der Waals surface area contributed by atoms with E-state index in [1.165, 1.54) is 6.42 Å². The molecule has 0 spiro atoms. The lowest BCUT2D eigenvalue weighted by Gasteiger charge is -2.48. The lowest BCUT2D eigenvalue weighted by molar-refractivity contribution is -0.154. The van der Waals surface area contributed by atoms with Gasteiger partial charge in [0, 0.05) is 17.1 Å². The highest BCUT2D eigenvalue weighted by atomic mass is 127. The second-order valence-corrected chi connectivity index (χ2v) is 6.22. The number of alkyl halides is 1. The number of likely N-dealkylation sites (N-methyl/N-ethyl adjacent to an activating group) is 1. The summed E-state index contributed by atoms with van der Waals surface area (Å²) in [7, 11) is 1.59. The molecule has 1 N–H and O–H groups in total. The molecule has 1 fully saturated rings. The first-order valence-electron chi connectivity index (χ1n) is 6.17. The van der Waals surface area contributed by atoms with Gasteiger partial charge >= 0.3 is 0 Å². The summed E-state index contributed by atoms with van der Waals surface area (Å²) >= 11 is 2.52. The van der Waals surface area contributed by atoms with Crippen molar-refractivity contribution in [3.05, 3.63) is 0 Å². The SMILES string of the molecule is CCC1CC(I)[C@@H](C)[C@H](C(O)OC)N1CC. The number of aliphatic hydroxyl groups excluding tert-OH is 1. The fourth-order valence-corrected chi connectivity index (χ4v) is 3.81. The van der Waals surface area contributed by atoms with Gasteiger partial charge in [0.15, 0.2) is 6.29 Å². The Labute approximate surface area is 113 Å². The van der Waals surface area contributed by atoms with E-state index in [2.05, 4.69) is 48.3 Å². The first-order valence-corrected chi connectivity index (χ1v) is 7.41. The maximum absolute atomic E-state index is 10.0. The highest BCUT2D eigenvalue weighted by Gasteiger charge is 2.41. The Morgan fingerprint density at radius 1 is 1.50 bits per heavy atom. The molecule has 5 atom stereocenters. The number of nitrogens with zero attached hydrogens (tertiary/aromatic N) is 1. The van der Waals surface area contributed by atoms with Crippen LogP contribution in [0, 0.1) is 5.92 Å². The van der Waals surface area contributed by atoms with Gasteiger partial charge in [-0.05, 0) is 25.3 Å². The summed E-state index contributed by atoms with van der Waals surface area (Å²) in [6, 6.07) is 0.716. The molecule has 0 radical (unpaired) electrons. The molecule has 0 aliphatic carbocycles. The molecule has 0 bridgehead atoms. The summed E-state index contributed by atoms with van der Waals surface area (Å²) in [5.74, 6) is 0.471. The van der Waals surface area contributed by atoms with E-state index in [0.717, 1.165) is 13.0 Å². The molecule has 1 saturated heterocycles. The van der Waals surface area contributed by atoms with E-state index in [1.807, 2.05) is 0 Å². The van der Waals surface area contributed by atoms with Gasteiger partial charge in [-0.2, -0.15) is 0 Å². The molecule has 1 aliphatic heterocycles. The summed E-state index contributed by atoms with van der Waals surface area (Å²) in [5.41, 5.74) is 0. The number of likely N-dealkylation sites (tertiary alicyclic amines) is 1. The topological polar surface area (TPSA) is 32.7 Å². The average molecular weight is 341 g/mol. The molecular weight excluding hydrogens is 317 g/mol. The van der Waals surface area contributed by atoms with Crippen LogP contribution in [0.2, 0.25) is 0 Å². The largest absolute Gasteiger partial charge is 0.367 e. The first kappa shape index (κ1) is 14.7. The molecule has 0 saturated carbocycles. The molecule has 96 valence electrons. The second-order valence-electron chi connectivity index (χ2n) is 4.62.